The summed E-state index contributed by atoms with van der Waals surface area (Å²) in [5.41, 5.74) is 5.33. The van der Waals surface area contributed by atoms with Crippen LogP contribution in [-0.2, 0) is 10.9 Å². The zero-order valence-electron chi connectivity index (χ0n) is 34.6. The van der Waals surface area contributed by atoms with Crippen LogP contribution in [0.4, 0.5) is 0 Å². The number of para-hydroxylation sites is 3. The molecule has 5 aromatic carbocycles. The molecule has 1 atom stereocenters. The number of ketones is 2. The third-order valence-corrected chi connectivity index (χ3v) is 10.9. The first-order valence-corrected chi connectivity index (χ1v) is 22.1. The van der Waals surface area contributed by atoms with Gasteiger partial charge in [0, 0.05) is 30.5 Å². The van der Waals surface area contributed by atoms with Gasteiger partial charge in [0.25, 0.3) is 0 Å². The molecule has 6 rings (SSSR count). The minimum atomic E-state index is -2.02. The third-order valence-electron chi connectivity index (χ3n) is 8.87. The van der Waals surface area contributed by atoms with Crippen LogP contribution in [0.1, 0.15) is 87.2 Å². The van der Waals surface area contributed by atoms with E-state index >= 15 is 0 Å². The van der Waals surface area contributed by atoms with Crippen LogP contribution in [0.25, 0.3) is 0 Å². The average Bonchev–Trinajstić information content (AvgIpc) is 3.23. The smallest absolute Gasteiger partial charge is 0.447 e. The van der Waals surface area contributed by atoms with Gasteiger partial charge in [-0.2, -0.15) is 0 Å². The molecule has 0 amide bonds. The van der Waals surface area contributed by atoms with Crippen molar-refractivity contribution in [1.29, 1.82) is 0 Å². The quantitative estimate of drug-likeness (QED) is 0.0580. The molecule has 0 spiro atoms. The van der Waals surface area contributed by atoms with Crippen molar-refractivity contribution in [2.24, 2.45) is 0 Å². The van der Waals surface area contributed by atoms with Crippen LogP contribution in [0.3, 0.4) is 0 Å². The summed E-state index contributed by atoms with van der Waals surface area (Å²) in [6.07, 6.45) is 13.9. The molecular weight excluding hydrogens is 762 g/mol. The summed E-state index contributed by atoms with van der Waals surface area (Å²) >= 11 is 0. The Morgan fingerprint density at radius 3 is 1.60 bits per heavy atom. The van der Waals surface area contributed by atoms with Crippen molar-refractivity contribution in [2.45, 2.75) is 60.3 Å². The van der Waals surface area contributed by atoms with Gasteiger partial charge in [0.15, 0.2) is 11.6 Å². The summed E-state index contributed by atoms with van der Waals surface area (Å²) in [4.78, 5) is 27.3. The maximum Gasteiger partial charge on any atom is 0.530 e. The number of carbonyl (C=O) groups is 2. The summed E-state index contributed by atoms with van der Waals surface area (Å²) in [7, 11) is -1.13. The van der Waals surface area contributed by atoms with E-state index in [4.69, 9.17) is 22.6 Å². The van der Waals surface area contributed by atoms with E-state index in [2.05, 4.69) is 38.7 Å². The van der Waals surface area contributed by atoms with Crippen molar-refractivity contribution in [3.05, 3.63) is 191 Å². The number of allylic oxidation sites excluding steroid dienone is 5. The fourth-order valence-electron chi connectivity index (χ4n) is 5.80. The number of carbonyl (C=O) groups excluding carboxylic acids is 2. The Morgan fingerprint density at radius 1 is 0.586 bits per heavy atom. The number of hydrogen-bond acceptors (Lipinski definition) is 7. The van der Waals surface area contributed by atoms with Crippen LogP contribution in [0.5, 0.6) is 23.0 Å². The standard InChI is InChI=1S/C31H27O5P.C9H13O2P.C9H14/c1-4-11-22-14-9-15-23-28(22)31(33)29-24(30(23)32)16-10-19-27(29)36-37(34-25-17-7-5-12-20(25)2)35-26-18-8-6-13-21(26)3;1-8-6-4-5-7-9(8)11-12(3)10-2;1-3-5-7-9-8-6-4-2/h5-10,12-19H,4,11H2,1-3H3;4-7H,1-3H3;3,5-8H,1,4,9H2,2H3/b;;7-5-,8-6-. The highest BCUT2D eigenvalue weighted by Crippen LogP contribution is 2.46. The van der Waals surface area contributed by atoms with Gasteiger partial charge in [-0.25, -0.2) is 0 Å². The van der Waals surface area contributed by atoms with Gasteiger partial charge in [0.2, 0.25) is 8.38 Å². The normalized spacial score (nSPS) is 12.1. The molecule has 0 N–H and O–H groups in total. The highest BCUT2D eigenvalue weighted by molar-refractivity contribution is 7.46. The summed E-state index contributed by atoms with van der Waals surface area (Å²) < 4.78 is 29.3. The van der Waals surface area contributed by atoms with Gasteiger partial charge in [-0.05, 0) is 86.6 Å². The van der Waals surface area contributed by atoms with Crippen molar-refractivity contribution < 1.29 is 32.2 Å². The maximum atomic E-state index is 13.9. The summed E-state index contributed by atoms with van der Waals surface area (Å²) in [5, 5.41) is 0. The maximum absolute atomic E-state index is 13.9. The van der Waals surface area contributed by atoms with Gasteiger partial charge in [0.1, 0.15) is 23.0 Å². The first-order valence-electron chi connectivity index (χ1n) is 19.4. The molecule has 7 nitrogen and oxygen atoms in total. The Bertz CT molecular complexity index is 2140. The molecule has 1 unspecified atom stereocenters. The monoisotopic (exact) mass is 816 g/mol. The highest BCUT2D eigenvalue weighted by Gasteiger charge is 2.35. The van der Waals surface area contributed by atoms with E-state index in [1.54, 1.807) is 37.5 Å². The van der Waals surface area contributed by atoms with Gasteiger partial charge < -0.3 is 22.6 Å². The van der Waals surface area contributed by atoms with Crippen molar-refractivity contribution >= 4 is 28.5 Å². The first-order chi connectivity index (χ1) is 28.1. The molecule has 0 bridgehead atoms. The SMILES string of the molecule is C=C/C=C\C/C=C\CC.CCCc1cccc2c1C(=O)c1c(OP(Oc3ccccc3C)Oc3ccccc3C)cccc1C2=O.COP(C)Oc1ccccc1C. The molecule has 302 valence electrons. The molecule has 0 saturated heterocycles. The number of hydrogen-bond donors (Lipinski definition) is 0. The molecule has 1 aliphatic carbocycles. The van der Waals surface area contributed by atoms with Crippen LogP contribution >= 0.6 is 17.0 Å². The second-order valence-electron chi connectivity index (χ2n) is 13.2. The fourth-order valence-corrected chi connectivity index (χ4v) is 7.51. The Morgan fingerprint density at radius 2 is 1.09 bits per heavy atom. The predicted octanol–water partition coefficient (Wildman–Crippen LogP) is 13.8. The Hall–Kier alpha value is -5.32. The Kier molecular flexibility index (Phi) is 18.6. The van der Waals surface area contributed by atoms with Crippen molar-refractivity contribution in [3.63, 3.8) is 0 Å². The van der Waals surface area contributed by atoms with E-state index < -0.39 is 17.0 Å². The van der Waals surface area contributed by atoms with Crippen molar-refractivity contribution in [2.75, 3.05) is 13.8 Å². The van der Waals surface area contributed by atoms with Gasteiger partial charge in [-0.15, -0.1) is 0 Å². The lowest BCUT2D eigenvalue weighted by Gasteiger charge is -2.24. The molecule has 58 heavy (non-hydrogen) atoms. The minimum absolute atomic E-state index is 0.183. The lowest BCUT2D eigenvalue weighted by Crippen LogP contribution is -2.23. The number of aryl methyl sites for hydroxylation is 4. The second-order valence-corrected chi connectivity index (χ2v) is 15.6. The molecule has 0 radical (unpaired) electrons. The van der Waals surface area contributed by atoms with E-state index in [0.29, 0.717) is 34.6 Å². The van der Waals surface area contributed by atoms with Gasteiger partial charge >= 0.3 is 8.60 Å². The average molecular weight is 817 g/mol. The summed E-state index contributed by atoms with van der Waals surface area (Å²) in [6, 6.07) is 33.7. The van der Waals surface area contributed by atoms with E-state index in [1.165, 1.54) is 0 Å². The van der Waals surface area contributed by atoms with E-state index in [1.807, 2.05) is 118 Å². The van der Waals surface area contributed by atoms with E-state index in [9.17, 15) is 9.59 Å². The molecular formula is C49H54O7P2. The number of benzene rings is 5. The topological polar surface area (TPSA) is 80.3 Å². The first kappa shape index (κ1) is 45.4. The molecule has 0 saturated carbocycles. The number of fused-ring (bicyclic) bond motifs is 2. The van der Waals surface area contributed by atoms with Crippen LogP contribution in [0.15, 0.2) is 146 Å². The minimum Gasteiger partial charge on any atom is -0.447 e. The largest absolute Gasteiger partial charge is 0.530 e. The molecule has 1 aliphatic rings. The molecule has 0 aromatic heterocycles. The molecule has 5 aromatic rings. The molecule has 9 heteroatoms. The van der Waals surface area contributed by atoms with Crippen LogP contribution in [-0.4, -0.2) is 25.3 Å². The summed E-state index contributed by atoms with van der Waals surface area (Å²) in [5.74, 6) is 2.01. The van der Waals surface area contributed by atoms with Crippen LogP contribution in [0, 0.1) is 20.8 Å². The Balaban J connectivity index is 0.000000290. The van der Waals surface area contributed by atoms with Gasteiger partial charge in [0.05, 0.1) is 5.56 Å². The van der Waals surface area contributed by atoms with Crippen LogP contribution in [0.2, 0.25) is 0 Å². The van der Waals surface area contributed by atoms with Crippen molar-refractivity contribution in [1.82, 2.24) is 0 Å². The van der Waals surface area contributed by atoms with Gasteiger partial charge in [-0.3, -0.25) is 9.59 Å². The fraction of sp³-hybridized carbons (Fsp3) is 0.224. The lowest BCUT2D eigenvalue weighted by atomic mass is 9.80. The lowest BCUT2D eigenvalue weighted by molar-refractivity contribution is 0.0976. The van der Waals surface area contributed by atoms with Crippen LogP contribution < -0.4 is 18.1 Å². The molecule has 0 aliphatic heterocycles. The molecule has 0 heterocycles. The zero-order valence-corrected chi connectivity index (χ0v) is 36.4. The summed E-state index contributed by atoms with van der Waals surface area (Å²) in [6.45, 7) is 15.6. The zero-order chi connectivity index (χ0) is 41.9. The van der Waals surface area contributed by atoms with Gasteiger partial charge in [-0.1, -0.05) is 142 Å². The van der Waals surface area contributed by atoms with E-state index in [0.717, 1.165) is 47.3 Å². The van der Waals surface area contributed by atoms with Crippen molar-refractivity contribution in [3.8, 4) is 23.0 Å². The highest BCUT2D eigenvalue weighted by atomic mass is 31.2. The van der Waals surface area contributed by atoms with E-state index in [-0.39, 0.29) is 22.9 Å². The Labute approximate surface area is 347 Å². The third kappa shape index (κ3) is 12.8. The number of rotatable bonds is 15. The predicted molar refractivity (Wildman–Crippen MR) is 240 cm³/mol. The second kappa shape index (κ2) is 23.8. The molecule has 0 fully saturated rings.